The van der Waals surface area contributed by atoms with Crippen LogP contribution in [0.15, 0.2) is 28.7 Å². The first-order chi connectivity index (χ1) is 12.3. The summed E-state index contributed by atoms with van der Waals surface area (Å²) in [5, 5.41) is 8.39. The Hall–Kier alpha value is -1.90. The van der Waals surface area contributed by atoms with Gasteiger partial charge in [0.2, 0.25) is 0 Å². The summed E-state index contributed by atoms with van der Waals surface area (Å²) in [6.45, 7) is 5.01. The zero-order chi connectivity index (χ0) is 17.1. The number of piperidine rings is 1. The van der Waals surface area contributed by atoms with Gasteiger partial charge in [0.05, 0.1) is 22.6 Å². The molecule has 1 saturated heterocycles. The molecule has 3 aromatic heterocycles. The number of likely N-dealkylation sites (tertiary alicyclic amines) is 1. The van der Waals surface area contributed by atoms with Crippen LogP contribution in [-0.2, 0) is 6.54 Å². The third-order valence-electron chi connectivity index (χ3n) is 4.33. The van der Waals surface area contributed by atoms with Gasteiger partial charge < -0.3 is 5.32 Å². The average molecular weight is 373 g/mol. The lowest BCUT2D eigenvalue weighted by Gasteiger charge is -2.32. The van der Waals surface area contributed by atoms with Crippen molar-refractivity contribution in [2.45, 2.75) is 32.2 Å². The number of aryl methyl sites for hydroxylation is 1. The Morgan fingerprint density at radius 3 is 2.96 bits per heavy atom. The molecule has 1 fully saturated rings. The van der Waals surface area contributed by atoms with E-state index in [-0.39, 0.29) is 0 Å². The molecule has 4 heterocycles. The number of nitrogens with one attached hydrogen (secondary N) is 1. The largest absolute Gasteiger partial charge is 0.315 e. The molecular formula is C17H20N6S2. The van der Waals surface area contributed by atoms with Gasteiger partial charge in [0.1, 0.15) is 0 Å². The molecule has 25 heavy (non-hydrogen) atoms. The molecule has 0 unspecified atom stereocenters. The molecule has 0 amide bonds. The summed E-state index contributed by atoms with van der Waals surface area (Å²) in [5.74, 6) is 1.21. The van der Waals surface area contributed by atoms with Crippen LogP contribution in [0.2, 0.25) is 0 Å². The Balaban J connectivity index is 1.50. The minimum atomic E-state index is 0.379. The smallest absolute Gasteiger partial charge is 0.188 e. The van der Waals surface area contributed by atoms with E-state index < -0.39 is 0 Å². The van der Waals surface area contributed by atoms with Crippen molar-refractivity contribution >= 4 is 33.6 Å². The maximum atomic E-state index is 4.65. The second-order valence-corrected chi connectivity index (χ2v) is 7.84. The van der Waals surface area contributed by atoms with Gasteiger partial charge in [-0.2, -0.15) is 0 Å². The van der Waals surface area contributed by atoms with E-state index in [1.165, 1.54) is 6.42 Å². The third-order valence-corrected chi connectivity index (χ3v) is 5.84. The van der Waals surface area contributed by atoms with Crippen LogP contribution < -0.4 is 5.32 Å². The second-order valence-electron chi connectivity index (χ2n) is 6.26. The van der Waals surface area contributed by atoms with Crippen molar-refractivity contribution in [3.8, 4) is 0 Å². The lowest BCUT2D eigenvalue weighted by Crippen LogP contribution is -2.34. The number of aromatic nitrogens is 4. The van der Waals surface area contributed by atoms with Crippen molar-refractivity contribution in [1.29, 1.82) is 0 Å². The Morgan fingerprint density at radius 1 is 1.24 bits per heavy atom. The standard InChI is InChI=1S/C17H20N6S2/c1-12-9-25-17(21-12)22-16-15(18-4-5-19-16)13-3-2-6-23(7-13)8-14-10-24-11-20-14/h4-5,9-11,13H,2-3,6-8H2,1H3,(H,19,21,22)/t13-/m0/s1. The molecule has 1 atom stereocenters. The van der Waals surface area contributed by atoms with Crippen LogP contribution in [0, 0.1) is 6.92 Å². The first-order valence-corrected chi connectivity index (χ1v) is 10.2. The normalized spacial score (nSPS) is 18.4. The van der Waals surface area contributed by atoms with E-state index in [1.54, 1.807) is 35.1 Å². The number of hydrogen-bond acceptors (Lipinski definition) is 8. The SMILES string of the molecule is Cc1csc(Nc2nccnc2[C@H]2CCCN(Cc3cscn3)C2)n1. The molecular weight excluding hydrogens is 352 g/mol. The van der Waals surface area contributed by atoms with E-state index in [2.05, 4.69) is 35.5 Å². The van der Waals surface area contributed by atoms with Gasteiger partial charge in [0, 0.05) is 42.2 Å². The van der Waals surface area contributed by atoms with E-state index in [4.69, 9.17) is 0 Å². The van der Waals surface area contributed by atoms with Crippen LogP contribution in [0.25, 0.3) is 0 Å². The predicted octanol–water partition coefficient (Wildman–Crippen LogP) is 3.82. The van der Waals surface area contributed by atoms with Gasteiger partial charge >= 0.3 is 0 Å². The molecule has 0 aromatic carbocycles. The van der Waals surface area contributed by atoms with E-state index >= 15 is 0 Å². The van der Waals surface area contributed by atoms with Crippen LogP contribution in [0.4, 0.5) is 10.9 Å². The first kappa shape index (κ1) is 16.6. The van der Waals surface area contributed by atoms with Crippen LogP contribution in [-0.4, -0.2) is 37.9 Å². The molecule has 8 heteroatoms. The summed E-state index contributed by atoms with van der Waals surface area (Å²) in [5.41, 5.74) is 5.11. The lowest BCUT2D eigenvalue weighted by atomic mass is 9.94. The van der Waals surface area contributed by atoms with E-state index in [1.807, 2.05) is 17.8 Å². The summed E-state index contributed by atoms with van der Waals surface area (Å²) in [7, 11) is 0. The molecule has 6 nitrogen and oxygen atoms in total. The zero-order valence-electron chi connectivity index (χ0n) is 14.1. The van der Waals surface area contributed by atoms with Gasteiger partial charge in [0.25, 0.3) is 0 Å². The van der Waals surface area contributed by atoms with E-state index in [9.17, 15) is 0 Å². The summed E-state index contributed by atoms with van der Waals surface area (Å²) in [6.07, 6.45) is 5.83. The predicted molar refractivity (Wildman–Crippen MR) is 102 cm³/mol. The maximum absolute atomic E-state index is 4.65. The first-order valence-electron chi connectivity index (χ1n) is 8.37. The number of thiazole rings is 2. The van der Waals surface area contributed by atoms with Crippen molar-refractivity contribution in [2.75, 3.05) is 18.4 Å². The highest BCUT2D eigenvalue weighted by atomic mass is 32.1. The summed E-state index contributed by atoms with van der Waals surface area (Å²) in [6, 6.07) is 0. The molecule has 1 aliphatic rings. The molecule has 1 aliphatic heterocycles. The molecule has 4 rings (SSSR count). The van der Waals surface area contributed by atoms with Crippen molar-refractivity contribution in [1.82, 2.24) is 24.8 Å². The van der Waals surface area contributed by atoms with Crippen LogP contribution >= 0.6 is 22.7 Å². The van der Waals surface area contributed by atoms with Crippen molar-refractivity contribution in [2.24, 2.45) is 0 Å². The molecule has 3 aromatic rings. The van der Waals surface area contributed by atoms with Gasteiger partial charge in [-0.25, -0.2) is 15.0 Å². The fourth-order valence-corrected chi connectivity index (χ4v) is 4.46. The minimum absolute atomic E-state index is 0.379. The fraction of sp³-hybridized carbons (Fsp3) is 0.412. The molecule has 0 saturated carbocycles. The van der Waals surface area contributed by atoms with Gasteiger partial charge in [-0.15, -0.1) is 22.7 Å². The maximum Gasteiger partial charge on any atom is 0.188 e. The Morgan fingerprint density at radius 2 is 2.16 bits per heavy atom. The molecule has 0 aliphatic carbocycles. The third kappa shape index (κ3) is 4.02. The van der Waals surface area contributed by atoms with Crippen molar-refractivity contribution in [3.63, 3.8) is 0 Å². The zero-order valence-corrected chi connectivity index (χ0v) is 15.7. The van der Waals surface area contributed by atoms with Crippen LogP contribution in [0.1, 0.15) is 35.8 Å². The molecule has 130 valence electrons. The van der Waals surface area contributed by atoms with Crippen LogP contribution in [0.5, 0.6) is 0 Å². The van der Waals surface area contributed by atoms with Gasteiger partial charge in [-0.3, -0.25) is 9.88 Å². The Kier molecular flexibility index (Phi) is 5.00. The van der Waals surface area contributed by atoms with Crippen LogP contribution in [0.3, 0.4) is 0 Å². The second kappa shape index (κ2) is 7.55. The molecule has 1 N–H and O–H groups in total. The highest BCUT2D eigenvalue weighted by Crippen LogP contribution is 2.31. The van der Waals surface area contributed by atoms with Gasteiger partial charge in [0.15, 0.2) is 10.9 Å². The quantitative estimate of drug-likeness (QED) is 0.734. The monoisotopic (exact) mass is 372 g/mol. The summed E-state index contributed by atoms with van der Waals surface area (Å²) >= 11 is 3.25. The number of nitrogens with zero attached hydrogens (tertiary/aromatic N) is 5. The highest BCUT2D eigenvalue weighted by Gasteiger charge is 2.25. The van der Waals surface area contributed by atoms with Gasteiger partial charge in [-0.05, 0) is 26.3 Å². The fourth-order valence-electron chi connectivity index (χ4n) is 3.22. The molecule has 0 bridgehead atoms. The molecule has 0 spiro atoms. The summed E-state index contributed by atoms with van der Waals surface area (Å²) < 4.78 is 0. The Labute approximate surface area is 155 Å². The number of anilines is 2. The molecule has 0 radical (unpaired) electrons. The van der Waals surface area contributed by atoms with Crippen molar-refractivity contribution < 1.29 is 0 Å². The summed E-state index contributed by atoms with van der Waals surface area (Å²) in [4.78, 5) is 20.5. The number of hydrogen-bond donors (Lipinski definition) is 1. The topological polar surface area (TPSA) is 66.8 Å². The van der Waals surface area contributed by atoms with Crippen molar-refractivity contribution in [3.05, 3.63) is 45.7 Å². The van der Waals surface area contributed by atoms with Gasteiger partial charge in [-0.1, -0.05) is 0 Å². The number of rotatable bonds is 5. The van der Waals surface area contributed by atoms with E-state index in [0.29, 0.717) is 5.92 Å². The average Bonchev–Trinajstić information content (AvgIpc) is 3.27. The Bertz CT molecular complexity index is 816. The van der Waals surface area contributed by atoms with E-state index in [0.717, 1.165) is 54.1 Å². The minimum Gasteiger partial charge on any atom is -0.315 e. The highest BCUT2D eigenvalue weighted by molar-refractivity contribution is 7.13. The lowest BCUT2D eigenvalue weighted by molar-refractivity contribution is 0.197.